The summed E-state index contributed by atoms with van der Waals surface area (Å²) < 4.78 is 0. The van der Waals surface area contributed by atoms with Crippen molar-refractivity contribution >= 4 is 17.0 Å². The zero-order valence-electron chi connectivity index (χ0n) is 4.15. The fourth-order valence-electron chi connectivity index (χ4n) is 0.507. The summed E-state index contributed by atoms with van der Waals surface area (Å²) in [5.41, 5.74) is 5.28. The number of hydrogen-bond donors (Lipinski definition) is 2. The highest BCUT2D eigenvalue weighted by Crippen LogP contribution is 1.92. The summed E-state index contributed by atoms with van der Waals surface area (Å²) in [7, 11) is 0. The second kappa shape index (κ2) is 2.30. The maximum absolute atomic E-state index is 10.2. The van der Waals surface area contributed by atoms with Gasteiger partial charge in [0.1, 0.15) is 0 Å². The Bertz CT molecular complexity index is 101. The summed E-state index contributed by atoms with van der Waals surface area (Å²) >= 11 is 5.07. The number of rotatable bonds is 0. The molecule has 0 atom stereocenters. The van der Waals surface area contributed by atoms with E-state index in [0.717, 1.165) is 6.54 Å². The Labute approximate surface area is 51.7 Å². The van der Waals surface area contributed by atoms with Gasteiger partial charge in [0.2, 0.25) is 0 Å². The molecule has 1 aliphatic heterocycles. The number of hydrazine groups is 2. The molecular weight excluding hydrogens is 130 g/mol. The van der Waals surface area contributed by atoms with E-state index in [1.165, 1.54) is 5.01 Å². The van der Waals surface area contributed by atoms with Gasteiger partial charge in [-0.3, -0.25) is 4.79 Å². The molecule has 1 heterocycles. The van der Waals surface area contributed by atoms with Crippen LogP contribution in [-0.4, -0.2) is 23.5 Å². The van der Waals surface area contributed by atoms with Gasteiger partial charge in [0.25, 0.3) is 0 Å². The SMILES string of the molecule is O=C(Cl)N1CCNN1. The van der Waals surface area contributed by atoms with E-state index in [1.54, 1.807) is 0 Å². The fourth-order valence-corrected chi connectivity index (χ4v) is 0.634. The molecule has 0 radical (unpaired) electrons. The molecule has 0 bridgehead atoms. The lowest BCUT2D eigenvalue weighted by Crippen LogP contribution is -2.37. The molecule has 0 aromatic rings. The number of carbonyl (C=O) groups is 1. The molecular formula is C3H6ClN3O. The van der Waals surface area contributed by atoms with Gasteiger partial charge < -0.3 is 0 Å². The normalized spacial score (nSPS) is 19.4. The molecule has 0 aromatic carbocycles. The Morgan fingerprint density at radius 2 is 2.50 bits per heavy atom. The quantitative estimate of drug-likeness (QED) is 0.353. The maximum Gasteiger partial charge on any atom is 0.331 e. The van der Waals surface area contributed by atoms with Crippen molar-refractivity contribution in [2.45, 2.75) is 0 Å². The van der Waals surface area contributed by atoms with Crippen molar-refractivity contribution in [3.8, 4) is 0 Å². The van der Waals surface area contributed by atoms with E-state index in [0.29, 0.717) is 6.54 Å². The summed E-state index contributed by atoms with van der Waals surface area (Å²) in [5.74, 6) is 0. The molecule has 1 saturated heterocycles. The summed E-state index contributed by atoms with van der Waals surface area (Å²) in [6.45, 7) is 1.38. The average Bonchev–Trinajstić information content (AvgIpc) is 2.12. The van der Waals surface area contributed by atoms with E-state index in [4.69, 9.17) is 11.6 Å². The molecule has 0 aromatic heterocycles. The largest absolute Gasteiger partial charge is 0.331 e. The predicted octanol–water partition coefficient (Wildman–Crippen LogP) is -0.330. The lowest BCUT2D eigenvalue weighted by atomic mass is 10.7. The van der Waals surface area contributed by atoms with E-state index in [2.05, 4.69) is 11.0 Å². The van der Waals surface area contributed by atoms with E-state index < -0.39 is 5.37 Å². The van der Waals surface area contributed by atoms with Gasteiger partial charge in [0.05, 0.1) is 6.54 Å². The molecule has 0 spiro atoms. The van der Waals surface area contributed by atoms with Gasteiger partial charge in [0.15, 0.2) is 0 Å². The fraction of sp³-hybridized carbons (Fsp3) is 0.667. The lowest BCUT2D eigenvalue weighted by Gasteiger charge is -2.07. The van der Waals surface area contributed by atoms with Crippen LogP contribution in [0.15, 0.2) is 0 Å². The second-order valence-electron chi connectivity index (χ2n) is 1.44. The van der Waals surface area contributed by atoms with Gasteiger partial charge in [-0.15, -0.1) is 0 Å². The summed E-state index contributed by atoms with van der Waals surface area (Å²) in [4.78, 5) is 10.2. The molecule has 1 fully saturated rings. The number of nitrogens with zero attached hydrogens (tertiary/aromatic N) is 1. The van der Waals surface area contributed by atoms with Gasteiger partial charge in [-0.2, -0.15) is 5.53 Å². The van der Waals surface area contributed by atoms with Crippen LogP contribution in [0.25, 0.3) is 0 Å². The lowest BCUT2D eigenvalue weighted by molar-refractivity contribution is 0.210. The molecule has 0 saturated carbocycles. The topological polar surface area (TPSA) is 44.4 Å². The van der Waals surface area contributed by atoms with E-state index in [-0.39, 0.29) is 0 Å². The molecule has 46 valence electrons. The third-order valence-corrected chi connectivity index (χ3v) is 1.09. The Morgan fingerprint density at radius 3 is 2.75 bits per heavy atom. The third-order valence-electron chi connectivity index (χ3n) is 0.887. The molecule has 2 N–H and O–H groups in total. The first-order chi connectivity index (χ1) is 3.80. The van der Waals surface area contributed by atoms with Crippen LogP contribution in [0.1, 0.15) is 0 Å². The molecule has 1 aliphatic rings. The molecule has 8 heavy (non-hydrogen) atoms. The van der Waals surface area contributed by atoms with Crippen LogP contribution >= 0.6 is 11.6 Å². The van der Waals surface area contributed by atoms with Gasteiger partial charge >= 0.3 is 5.37 Å². The summed E-state index contributed by atoms with van der Waals surface area (Å²) in [6, 6.07) is 0. The zero-order chi connectivity index (χ0) is 5.98. The van der Waals surface area contributed by atoms with Gasteiger partial charge in [-0.1, -0.05) is 0 Å². The summed E-state index contributed by atoms with van der Waals surface area (Å²) in [5, 5.41) is 0.816. The van der Waals surface area contributed by atoms with Crippen LogP contribution < -0.4 is 11.0 Å². The second-order valence-corrected chi connectivity index (χ2v) is 1.77. The number of amides is 1. The van der Waals surface area contributed by atoms with E-state index in [9.17, 15) is 4.79 Å². The van der Waals surface area contributed by atoms with Crippen molar-refractivity contribution in [3.63, 3.8) is 0 Å². The van der Waals surface area contributed by atoms with Gasteiger partial charge in [0, 0.05) is 6.54 Å². The van der Waals surface area contributed by atoms with Crippen molar-refractivity contribution < 1.29 is 4.79 Å². The standard InChI is InChI=1S/C3H6ClN3O/c4-3(8)7-2-1-5-6-7/h5-6H,1-2H2. The van der Waals surface area contributed by atoms with E-state index in [1.807, 2.05) is 0 Å². The Kier molecular flexibility index (Phi) is 1.67. The minimum atomic E-state index is -0.477. The minimum absolute atomic E-state index is 0.477. The first kappa shape index (κ1) is 5.81. The average molecular weight is 136 g/mol. The van der Waals surface area contributed by atoms with Crippen molar-refractivity contribution in [3.05, 3.63) is 0 Å². The van der Waals surface area contributed by atoms with Gasteiger partial charge in [-0.25, -0.2) is 10.4 Å². The van der Waals surface area contributed by atoms with Crippen molar-refractivity contribution in [1.82, 2.24) is 16.0 Å². The third kappa shape index (κ3) is 1.09. The summed E-state index contributed by atoms with van der Waals surface area (Å²) in [6.07, 6.45) is 0. The molecule has 1 rings (SSSR count). The first-order valence-corrected chi connectivity index (χ1v) is 2.64. The number of carbonyl (C=O) groups excluding carboxylic acids is 1. The highest BCUT2D eigenvalue weighted by Gasteiger charge is 2.13. The smallest absolute Gasteiger partial charge is 0.254 e. The van der Waals surface area contributed by atoms with Crippen LogP contribution in [0.3, 0.4) is 0 Å². The Morgan fingerprint density at radius 1 is 1.75 bits per heavy atom. The first-order valence-electron chi connectivity index (χ1n) is 2.26. The number of nitrogens with one attached hydrogen (secondary N) is 2. The molecule has 5 heteroatoms. The van der Waals surface area contributed by atoms with Crippen LogP contribution in [-0.2, 0) is 0 Å². The minimum Gasteiger partial charge on any atom is -0.254 e. The van der Waals surface area contributed by atoms with Crippen molar-refractivity contribution in [1.29, 1.82) is 0 Å². The van der Waals surface area contributed by atoms with Crippen LogP contribution in [0.2, 0.25) is 0 Å². The molecule has 0 unspecified atom stereocenters. The number of halogens is 1. The molecule has 1 amide bonds. The van der Waals surface area contributed by atoms with Crippen molar-refractivity contribution in [2.75, 3.05) is 13.1 Å². The van der Waals surface area contributed by atoms with Crippen molar-refractivity contribution in [2.24, 2.45) is 0 Å². The predicted molar refractivity (Wildman–Crippen MR) is 29.1 cm³/mol. The van der Waals surface area contributed by atoms with Crippen LogP contribution in [0.4, 0.5) is 4.79 Å². The molecule has 0 aliphatic carbocycles. The highest BCUT2D eigenvalue weighted by molar-refractivity contribution is 6.62. The maximum atomic E-state index is 10.2. The van der Waals surface area contributed by atoms with Crippen LogP contribution in [0, 0.1) is 0 Å². The van der Waals surface area contributed by atoms with Gasteiger partial charge in [-0.05, 0) is 11.6 Å². The monoisotopic (exact) mass is 135 g/mol. The Hall–Kier alpha value is -0.320. The Balaban J connectivity index is 2.35. The zero-order valence-corrected chi connectivity index (χ0v) is 4.90. The highest BCUT2D eigenvalue weighted by atomic mass is 35.5. The van der Waals surface area contributed by atoms with Crippen LogP contribution in [0.5, 0.6) is 0 Å². The van der Waals surface area contributed by atoms with E-state index >= 15 is 0 Å². The number of hydrogen-bond acceptors (Lipinski definition) is 3. The molecule has 4 nitrogen and oxygen atoms in total.